The van der Waals surface area contributed by atoms with E-state index in [2.05, 4.69) is 32.6 Å². The minimum absolute atomic E-state index is 0.109. The molecule has 5 heteroatoms. The first-order chi connectivity index (χ1) is 8.09. The monoisotopic (exact) mass is 257 g/mol. The Labute approximate surface area is 110 Å². The Morgan fingerprint density at radius 3 is 2.28 bits per heavy atom. The highest BCUT2D eigenvalue weighted by Crippen LogP contribution is 2.21. The predicted octanol–water partition coefficient (Wildman–Crippen LogP) is 0.0273. The van der Waals surface area contributed by atoms with Crippen LogP contribution in [0.4, 0.5) is 0 Å². The maximum Gasteiger partial charge on any atom is 0.244 e. The van der Waals surface area contributed by atoms with Gasteiger partial charge in [0.1, 0.15) is 5.54 Å². The fourth-order valence-electron chi connectivity index (χ4n) is 2.57. The number of nitrogens with two attached hydrogens (primary N) is 1. The zero-order valence-corrected chi connectivity index (χ0v) is 12.2. The molecule has 0 spiro atoms. The normalized spacial score (nSPS) is 25.9. The van der Waals surface area contributed by atoms with E-state index in [1.165, 1.54) is 0 Å². The van der Waals surface area contributed by atoms with E-state index in [4.69, 9.17) is 10.8 Å². The summed E-state index contributed by atoms with van der Waals surface area (Å²) < 4.78 is 0. The van der Waals surface area contributed by atoms with Crippen molar-refractivity contribution in [3.05, 3.63) is 0 Å². The molecule has 1 rings (SSSR count). The molecule has 0 aromatic rings. The van der Waals surface area contributed by atoms with E-state index < -0.39 is 5.54 Å². The minimum Gasteiger partial charge on any atom is -0.394 e. The molecule has 0 aromatic heterocycles. The van der Waals surface area contributed by atoms with Crippen LogP contribution in [0.1, 0.15) is 34.6 Å². The molecule has 0 aliphatic carbocycles. The number of carbonyl (C=O) groups excluding carboxylic acids is 1. The number of piperazine rings is 1. The van der Waals surface area contributed by atoms with Crippen LogP contribution in [0.15, 0.2) is 0 Å². The number of aliphatic hydroxyl groups is 1. The van der Waals surface area contributed by atoms with Crippen LogP contribution in [0, 0.1) is 0 Å². The zero-order valence-electron chi connectivity index (χ0n) is 12.2. The smallest absolute Gasteiger partial charge is 0.244 e. The fourth-order valence-corrected chi connectivity index (χ4v) is 2.57. The van der Waals surface area contributed by atoms with Crippen LogP contribution in [0.3, 0.4) is 0 Å². The zero-order chi connectivity index (χ0) is 14.1. The molecule has 2 atom stereocenters. The third-order valence-corrected chi connectivity index (χ3v) is 3.59. The van der Waals surface area contributed by atoms with Crippen molar-refractivity contribution in [3.8, 4) is 0 Å². The van der Waals surface area contributed by atoms with Crippen LogP contribution < -0.4 is 5.73 Å². The van der Waals surface area contributed by atoms with Crippen molar-refractivity contribution in [1.29, 1.82) is 0 Å². The van der Waals surface area contributed by atoms with Crippen LogP contribution in [0.25, 0.3) is 0 Å². The molecule has 0 saturated carbocycles. The predicted molar refractivity (Wildman–Crippen MR) is 72.2 cm³/mol. The first-order valence-corrected chi connectivity index (χ1v) is 6.55. The van der Waals surface area contributed by atoms with Crippen molar-refractivity contribution >= 4 is 5.91 Å². The van der Waals surface area contributed by atoms with Gasteiger partial charge in [-0.1, -0.05) is 0 Å². The molecule has 0 aromatic carbocycles. The van der Waals surface area contributed by atoms with Gasteiger partial charge in [0.2, 0.25) is 5.91 Å². The van der Waals surface area contributed by atoms with E-state index in [0.29, 0.717) is 19.1 Å². The number of amides is 1. The van der Waals surface area contributed by atoms with E-state index in [1.807, 2.05) is 0 Å². The van der Waals surface area contributed by atoms with Gasteiger partial charge >= 0.3 is 0 Å². The van der Waals surface area contributed by atoms with Crippen molar-refractivity contribution in [2.45, 2.75) is 51.7 Å². The molecule has 1 heterocycles. The summed E-state index contributed by atoms with van der Waals surface area (Å²) in [7, 11) is 0. The third-order valence-electron chi connectivity index (χ3n) is 3.59. The summed E-state index contributed by atoms with van der Waals surface area (Å²) in [6.07, 6.45) is 0. The van der Waals surface area contributed by atoms with Gasteiger partial charge in [-0.25, -0.2) is 0 Å². The molecule has 106 valence electrons. The lowest BCUT2D eigenvalue weighted by molar-refractivity contribution is -0.142. The molecule has 0 radical (unpaired) electrons. The van der Waals surface area contributed by atoms with E-state index >= 15 is 0 Å². The van der Waals surface area contributed by atoms with Gasteiger partial charge in [0.05, 0.1) is 6.61 Å². The van der Waals surface area contributed by atoms with E-state index in [9.17, 15) is 4.79 Å². The highest BCUT2D eigenvalue weighted by Gasteiger charge is 2.37. The van der Waals surface area contributed by atoms with Gasteiger partial charge < -0.3 is 15.7 Å². The summed E-state index contributed by atoms with van der Waals surface area (Å²) in [5.41, 5.74) is 4.75. The molecule has 0 unspecified atom stereocenters. The lowest BCUT2D eigenvalue weighted by Crippen LogP contribution is -2.64. The SMILES string of the molecule is C[C@@H]1CN(C(=O)[C@@](C)(N)CO)CCN1C(C)(C)C. The topological polar surface area (TPSA) is 69.8 Å². The number of aliphatic hydroxyl groups excluding tert-OH is 1. The lowest BCUT2D eigenvalue weighted by atomic mass is 9.98. The van der Waals surface area contributed by atoms with Crippen molar-refractivity contribution in [2.75, 3.05) is 26.2 Å². The summed E-state index contributed by atoms with van der Waals surface area (Å²) in [4.78, 5) is 16.3. The molecule has 18 heavy (non-hydrogen) atoms. The first-order valence-electron chi connectivity index (χ1n) is 6.55. The summed E-state index contributed by atoms with van der Waals surface area (Å²) in [5.74, 6) is -0.162. The average molecular weight is 257 g/mol. The molecule has 1 amide bonds. The van der Waals surface area contributed by atoms with Crippen molar-refractivity contribution in [2.24, 2.45) is 5.73 Å². The first kappa shape index (κ1) is 15.4. The number of rotatable bonds is 2. The van der Waals surface area contributed by atoms with Gasteiger partial charge in [-0.15, -0.1) is 0 Å². The Balaban J connectivity index is 2.70. The molecular weight excluding hydrogens is 230 g/mol. The second-order valence-corrected chi connectivity index (χ2v) is 6.54. The Hall–Kier alpha value is -0.650. The summed E-state index contributed by atoms with van der Waals surface area (Å²) in [6.45, 7) is 12.1. The van der Waals surface area contributed by atoms with Crippen LogP contribution in [-0.2, 0) is 4.79 Å². The highest BCUT2D eigenvalue weighted by atomic mass is 16.3. The largest absolute Gasteiger partial charge is 0.394 e. The van der Waals surface area contributed by atoms with Crippen LogP contribution >= 0.6 is 0 Å². The molecule has 1 fully saturated rings. The molecule has 1 aliphatic heterocycles. The molecule has 5 nitrogen and oxygen atoms in total. The van der Waals surface area contributed by atoms with Crippen molar-refractivity contribution in [1.82, 2.24) is 9.80 Å². The third kappa shape index (κ3) is 3.22. The van der Waals surface area contributed by atoms with Crippen LogP contribution in [0.5, 0.6) is 0 Å². The maximum atomic E-state index is 12.2. The lowest BCUT2D eigenvalue weighted by Gasteiger charge is -2.47. The van der Waals surface area contributed by atoms with Gasteiger partial charge in [-0.05, 0) is 34.6 Å². The Kier molecular flexibility index (Phi) is 4.41. The molecule has 3 N–H and O–H groups in total. The number of carbonyl (C=O) groups is 1. The van der Waals surface area contributed by atoms with Gasteiger partial charge in [-0.2, -0.15) is 0 Å². The van der Waals surface area contributed by atoms with Gasteiger partial charge in [0, 0.05) is 31.2 Å². The second-order valence-electron chi connectivity index (χ2n) is 6.54. The number of hydrogen-bond donors (Lipinski definition) is 2. The van der Waals surface area contributed by atoms with Crippen molar-refractivity contribution in [3.63, 3.8) is 0 Å². The average Bonchev–Trinajstić information content (AvgIpc) is 2.26. The van der Waals surface area contributed by atoms with E-state index in [1.54, 1.807) is 11.8 Å². The Morgan fingerprint density at radius 2 is 1.89 bits per heavy atom. The molecule has 1 saturated heterocycles. The number of nitrogens with zero attached hydrogens (tertiary/aromatic N) is 2. The van der Waals surface area contributed by atoms with Crippen LogP contribution in [-0.4, -0.2) is 64.2 Å². The standard InChI is InChI=1S/C13H27N3O2/c1-10-8-15(11(18)13(5,14)9-17)6-7-16(10)12(2,3)4/h10,17H,6-9,14H2,1-5H3/t10-,13+/m1/s1. The van der Waals surface area contributed by atoms with E-state index in [0.717, 1.165) is 6.54 Å². The second kappa shape index (κ2) is 5.15. The van der Waals surface area contributed by atoms with Gasteiger partial charge in [0.15, 0.2) is 0 Å². The van der Waals surface area contributed by atoms with E-state index in [-0.39, 0.29) is 18.1 Å². The summed E-state index contributed by atoms with van der Waals surface area (Å²) in [6, 6.07) is 0.303. The Bertz CT molecular complexity index is 310. The maximum absolute atomic E-state index is 12.2. The van der Waals surface area contributed by atoms with Gasteiger partial charge in [0.25, 0.3) is 0 Å². The highest BCUT2D eigenvalue weighted by molar-refractivity contribution is 5.86. The minimum atomic E-state index is -1.16. The molecule has 0 bridgehead atoms. The quantitative estimate of drug-likeness (QED) is 0.732. The molecule has 1 aliphatic rings. The van der Waals surface area contributed by atoms with Crippen molar-refractivity contribution < 1.29 is 9.90 Å². The van der Waals surface area contributed by atoms with Gasteiger partial charge in [-0.3, -0.25) is 9.69 Å². The summed E-state index contributed by atoms with van der Waals surface area (Å²) >= 11 is 0. The molecular formula is C13H27N3O2. The fraction of sp³-hybridized carbons (Fsp3) is 0.923. The summed E-state index contributed by atoms with van der Waals surface area (Å²) in [5, 5.41) is 9.16. The Morgan fingerprint density at radius 1 is 1.33 bits per heavy atom. The van der Waals surface area contributed by atoms with Crippen LogP contribution in [0.2, 0.25) is 0 Å². The number of hydrogen-bond acceptors (Lipinski definition) is 4.